The Labute approximate surface area is 214 Å². The minimum atomic E-state index is -4.22. The van der Waals surface area contributed by atoms with Gasteiger partial charge in [0.25, 0.3) is 0 Å². The first-order chi connectivity index (χ1) is 16.9. The van der Waals surface area contributed by atoms with Crippen LogP contribution in [-0.4, -0.2) is 60.6 Å². The molecule has 4 atom stereocenters. The van der Waals surface area contributed by atoms with Crippen LogP contribution in [0.1, 0.15) is 48.4 Å². The zero-order valence-electron chi connectivity index (χ0n) is 20.7. The van der Waals surface area contributed by atoms with Crippen LogP contribution in [0.15, 0.2) is 44.1 Å². The molecule has 0 bridgehead atoms. The molecule has 2 heterocycles. The summed E-state index contributed by atoms with van der Waals surface area (Å²) in [6.07, 6.45) is 3.12. The van der Waals surface area contributed by atoms with E-state index in [-0.39, 0.29) is 25.6 Å². The van der Waals surface area contributed by atoms with Crippen molar-refractivity contribution in [1.82, 2.24) is 14.5 Å². The summed E-state index contributed by atoms with van der Waals surface area (Å²) in [6, 6.07) is 1.86. The number of nitrogens with one attached hydrogen (secondary N) is 1. The number of rotatable bonds is 6. The number of methoxy groups -OCH3 is 1. The van der Waals surface area contributed by atoms with E-state index in [2.05, 4.69) is 10.2 Å². The van der Waals surface area contributed by atoms with E-state index >= 15 is 4.39 Å². The molecule has 0 amide bonds. The SMILES string of the molecule is COCC1=CC(Cl)=CC2(C)OCCN([C@H](c3n[nH]c(=O)o3)[C@H](C)c3c(F)ccc(C)c3C)S(=O)(=O)C12. The maximum atomic E-state index is 15.2. The number of allylic oxidation sites excluding steroid dienone is 2. The molecule has 36 heavy (non-hydrogen) atoms. The highest BCUT2D eigenvalue weighted by Crippen LogP contribution is 2.45. The van der Waals surface area contributed by atoms with Crippen LogP contribution in [-0.2, 0) is 19.5 Å². The summed E-state index contributed by atoms with van der Waals surface area (Å²) >= 11 is 6.32. The average Bonchev–Trinajstić information content (AvgIpc) is 3.16. The average molecular weight is 542 g/mol. The summed E-state index contributed by atoms with van der Waals surface area (Å²) in [5.41, 5.74) is 0.955. The molecule has 1 saturated heterocycles. The normalized spacial score (nSPS) is 25.9. The van der Waals surface area contributed by atoms with E-state index in [9.17, 15) is 13.2 Å². The van der Waals surface area contributed by atoms with Crippen molar-refractivity contribution in [3.05, 3.63) is 73.8 Å². The maximum Gasteiger partial charge on any atom is 0.434 e. The van der Waals surface area contributed by atoms with Crippen molar-refractivity contribution in [2.75, 3.05) is 26.9 Å². The Bertz CT molecular complexity index is 1380. The van der Waals surface area contributed by atoms with Gasteiger partial charge < -0.3 is 13.9 Å². The number of H-pyrrole nitrogens is 1. The van der Waals surface area contributed by atoms with Gasteiger partial charge in [0.15, 0.2) is 0 Å². The van der Waals surface area contributed by atoms with Crippen molar-refractivity contribution in [3.63, 3.8) is 0 Å². The first-order valence-electron chi connectivity index (χ1n) is 11.4. The monoisotopic (exact) mass is 541 g/mol. The number of halogens is 2. The molecule has 1 aliphatic carbocycles. The Morgan fingerprint density at radius 1 is 1.39 bits per heavy atom. The minimum Gasteiger partial charge on any atom is -0.391 e. The molecule has 1 N–H and O–H groups in total. The van der Waals surface area contributed by atoms with Gasteiger partial charge in [0.1, 0.15) is 22.7 Å². The van der Waals surface area contributed by atoms with E-state index in [1.807, 2.05) is 6.92 Å². The van der Waals surface area contributed by atoms with Crippen LogP contribution in [0.3, 0.4) is 0 Å². The first-order valence-corrected chi connectivity index (χ1v) is 13.3. The second-order valence-corrected chi connectivity index (χ2v) is 11.7. The Balaban J connectivity index is 1.91. The standard InChI is InChI=1S/C24H29ClFN3O6S/c1-13-6-7-18(26)19(14(13)2)15(3)20(22-27-28-23(30)35-22)29-8-9-34-24(4)11-17(25)10-16(12-33-5)21(24)36(29,31)32/h6-7,10-11,15,20-21H,8-9,12H2,1-5H3,(H,28,30)/t15-,20+,21?,24?/m1/s1. The van der Waals surface area contributed by atoms with E-state index in [1.54, 1.807) is 39.0 Å². The molecule has 0 saturated carbocycles. The van der Waals surface area contributed by atoms with Crippen molar-refractivity contribution >= 4 is 21.6 Å². The van der Waals surface area contributed by atoms with E-state index < -0.39 is 44.4 Å². The zero-order chi connectivity index (χ0) is 26.4. The summed E-state index contributed by atoms with van der Waals surface area (Å²) in [5, 5.41) is 5.31. The minimum absolute atomic E-state index is 0.00404. The fourth-order valence-electron chi connectivity index (χ4n) is 5.29. The molecule has 2 unspecified atom stereocenters. The number of sulfonamides is 1. The van der Waals surface area contributed by atoms with Crippen molar-refractivity contribution in [2.24, 2.45) is 0 Å². The van der Waals surface area contributed by atoms with Crippen molar-refractivity contribution in [3.8, 4) is 0 Å². The molecule has 1 aliphatic heterocycles. The number of aromatic amines is 1. The molecule has 4 rings (SSSR count). The molecular weight excluding hydrogens is 513 g/mol. The third-order valence-corrected chi connectivity index (χ3v) is 9.59. The highest BCUT2D eigenvalue weighted by atomic mass is 35.5. The number of fused-ring (bicyclic) bond motifs is 1. The highest BCUT2D eigenvalue weighted by molar-refractivity contribution is 7.90. The summed E-state index contributed by atoms with van der Waals surface area (Å²) in [5.74, 6) is -2.27. The van der Waals surface area contributed by atoms with Gasteiger partial charge in [0.2, 0.25) is 15.9 Å². The van der Waals surface area contributed by atoms with Gasteiger partial charge in [-0.1, -0.05) is 24.6 Å². The van der Waals surface area contributed by atoms with Crippen LogP contribution in [0.4, 0.5) is 4.39 Å². The number of aromatic nitrogens is 2. The molecule has 1 aromatic carbocycles. The number of ether oxygens (including phenoxy) is 2. The van der Waals surface area contributed by atoms with Crippen LogP contribution >= 0.6 is 11.6 Å². The Kier molecular flexibility index (Phi) is 7.33. The van der Waals surface area contributed by atoms with Crippen LogP contribution < -0.4 is 5.76 Å². The molecule has 1 fully saturated rings. The Morgan fingerprint density at radius 2 is 2.11 bits per heavy atom. The molecule has 2 aliphatic rings. The Hall–Kier alpha value is -2.31. The lowest BCUT2D eigenvalue weighted by molar-refractivity contribution is 0.00770. The smallest absolute Gasteiger partial charge is 0.391 e. The van der Waals surface area contributed by atoms with E-state index in [0.29, 0.717) is 21.7 Å². The molecule has 12 heteroatoms. The fraction of sp³-hybridized carbons (Fsp3) is 0.500. The summed E-state index contributed by atoms with van der Waals surface area (Å²) in [6.45, 7) is 6.89. The van der Waals surface area contributed by atoms with Crippen LogP contribution in [0.2, 0.25) is 0 Å². The van der Waals surface area contributed by atoms with Gasteiger partial charge in [0.05, 0.1) is 13.2 Å². The third kappa shape index (κ3) is 4.58. The van der Waals surface area contributed by atoms with Gasteiger partial charge in [-0.2, -0.15) is 4.31 Å². The van der Waals surface area contributed by atoms with Crippen molar-refractivity contribution in [2.45, 2.75) is 50.5 Å². The quantitative estimate of drug-likeness (QED) is 0.595. The molecular formula is C24H29ClFN3O6S. The van der Waals surface area contributed by atoms with Gasteiger partial charge in [0, 0.05) is 24.6 Å². The second-order valence-electron chi connectivity index (χ2n) is 9.34. The van der Waals surface area contributed by atoms with Gasteiger partial charge in [-0.15, -0.1) is 5.10 Å². The largest absolute Gasteiger partial charge is 0.434 e. The van der Waals surface area contributed by atoms with Gasteiger partial charge in [-0.05, 0) is 61.3 Å². The molecule has 2 aromatic rings. The second kappa shape index (κ2) is 9.86. The molecule has 1 aromatic heterocycles. The van der Waals surface area contributed by atoms with Gasteiger partial charge in [-0.25, -0.2) is 22.7 Å². The maximum absolute atomic E-state index is 15.2. The van der Waals surface area contributed by atoms with Crippen molar-refractivity contribution < 1.29 is 26.7 Å². The van der Waals surface area contributed by atoms with Crippen LogP contribution in [0, 0.1) is 19.7 Å². The number of hydrogen-bond acceptors (Lipinski definition) is 7. The number of nitrogens with zero attached hydrogens (tertiary/aromatic N) is 2. The highest BCUT2D eigenvalue weighted by Gasteiger charge is 2.54. The predicted molar refractivity (Wildman–Crippen MR) is 132 cm³/mol. The Morgan fingerprint density at radius 3 is 2.75 bits per heavy atom. The summed E-state index contributed by atoms with van der Waals surface area (Å²) < 4.78 is 61.8. The first kappa shape index (κ1) is 26.7. The molecule has 0 spiro atoms. The van der Waals surface area contributed by atoms with Crippen LogP contribution in [0.5, 0.6) is 0 Å². The van der Waals surface area contributed by atoms with Gasteiger partial charge in [-0.3, -0.25) is 0 Å². The van der Waals surface area contributed by atoms with E-state index in [0.717, 1.165) is 5.56 Å². The molecule has 196 valence electrons. The predicted octanol–water partition coefficient (Wildman–Crippen LogP) is 3.46. The van der Waals surface area contributed by atoms with E-state index in [1.165, 1.54) is 17.5 Å². The lowest BCUT2D eigenvalue weighted by Crippen LogP contribution is -2.52. The summed E-state index contributed by atoms with van der Waals surface area (Å²) in [7, 11) is -2.77. The lowest BCUT2D eigenvalue weighted by atomic mass is 9.87. The summed E-state index contributed by atoms with van der Waals surface area (Å²) in [4.78, 5) is 11.9. The number of benzene rings is 1. The van der Waals surface area contributed by atoms with E-state index in [4.69, 9.17) is 25.5 Å². The fourth-order valence-corrected chi connectivity index (χ4v) is 8.08. The number of hydrogen-bond donors (Lipinski definition) is 1. The topological polar surface area (TPSA) is 115 Å². The third-order valence-electron chi connectivity index (χ3n) is 6.94. The zero-order valence-corrected chi connectivity index (χ0v) is 22.2. The lowest BCUT2D eigenvalue weighted by Gasteiger charge is -2.39. The van der Waals surface area contributed by atoms with Crippen molar-refractivity contribution in [1.29, 1.82) is 0 Å². The molecule has 0 radical (unpaired) electrons. The number of aryl methyl sites for hydroxylation is 1. The van der Waals surface area contributed by atoms with Crippen LogP contribution in [0.25, 0.3) is 0 Å². The molecule has 9 nitrogen and oxygen atoms in total. The van der Waals surface area contributed by atoms with Gasteiger partial charge >= 0.3 is 5.76 Å².